The Morgan fingerprint density at radius 2 is 1.62 bits per heavy atom. The van der Waals surface area contributed by atoms with Crippen molar-refractivity contribution < 1.29 is 18.0 Å². The summed E-state index contributed by atoms with van der Waals surface area (Å²) < 4.78 is 27.1. The van der Waals surface area contributed by atoms with Gasteiger partial charge in [-0.15, -0.1) is 0 Å². The summed E-state index contributed by atoms with van der Waals surface area (Å²) in [6, 6.07) is 5.03. The Bertz CT molecular complexity index is 1280. The number of benzene rings is 1. The maximum Gasteiger partial charge on any atom is 0.224 e. The highest BCUT2D eigenvalue weighted by Gasteiger charge is 2.40. The number of hydrogen-bond acceptors (Lipinski definition) is 6. The van der Waals surface area contributed by atoms with Gasteiger partial charge >= 0.3 is 0 Å². The fourth-order valence-electron chi connectivity index (χ4n) is 4.63. The molecule has 0 aromatic heterocycles. The number of rotatable bonds is 13. The molecule has 0 bridgehead atoms. The summed E-state index contributed by atoms with van der Waals surface area (Å²) >= 11 is 0. The number of nitrogens with one attached hydrogen (secondary N) is 2. The zero-order chi connectivity index (χ0) is 28.4. The minimum Gasteiger partial charge on any atom is -0.388 e. The molecule has 212 valence electrons. The van der Waals surface area contributed by atoms with E-state index in [0.717, 1.165) is 24.8 Å². The molecule has 11 nitrogen and oxygen atoms in total. The van der Waals surface area contributed by atoms with Gasteiger partial charge in [0.2, 0.25) is 11.8 Å². The number of fused-ring (bicyclic) bond motifs is 2. The molecule has 1 aliphatic carbocycles. The highest BCUT2D eigenvalue weighted by Crippen LogP contribution is 2.38. The van der Waals surface area contributed by atoms with Gasteiger partial charge in [0.1, 0.15) is 0 Å². The van der Waals surface area contributed by atoms with Gasteiger partial charge in [-0.05, 0) is 68.9 Å². The zero-order valence-electron chi connectivity index (χ0n) is 22.4. The Morgan fingerprint density at radius 3 is 2.33 bits per heavy atom. The maximum absolute atomic E-state index is 13.6. The van der Waals surface area contributed by atoms with E-state index in [0.29, 0.717) is 62.4 Å². The van der Waals surface area contributed by atoms with Gasteiger partial charge in [0, 0.05) is 43.2 Å². The van der Waals surface area contributed by atoms with Crippen molar-refractivity contribution in [2.24, 2.45) is 33.1 Å². The lowest BCUT2D eigenvalue weighted by molar-refractivity contribution is -0.120. The van der Waals surface area contributed by atoms with Gasteiger partial charge in [-0.3, -0.25) is 19.6 Å². The smallest absolute Gasteiger partial charge is 0.224 e. The second-order valence-electron chi connectivity index (χ2n) is 9.88. The van der Waals surface area contributed by atoms with Crippen LogP contribution in [0.25, 0.3) is 0 Å². The molecule has 2 unspecified atom stereocenters. The first kappa shape index (κ1) is 29.9. The molecule has 39 heavy (non-hydrogen) atoms. The fourth-order valence-corrected chi connectivity index (χ4v) is 6.70. The molecule has 1 heterocycles. The van der Waals surface area contributed by atoms with E-state index in [4.69, 9.17) is 17.2 Å². The van der Waals surface area contributed by atoms with Crippen molar-refractivity contribution in [3.63, 3.8) is 0 Å². The molecule has 2 atom stereocenters. The van der Waals surface area contributed by atoms with Gasteiger partial charge in [-0.2, -0.15) is 0 Å². The largest absolute Gasteiger partial charge is 0.388 e. The molecule has 3 rings (SSSR count). The summed E-state index contributed by atoms with van der Waals surface area (Å²) in [6.07, 6.45) is 10.1. The van der Waals surface area contributed by atoms with Crippen molar-refractivity contribution in [2.75, 3.05) is 18.4 Å². The molecule has 1 aromatic rings. The summed E-state index contributed by atoms with van der Waals surface area (Å²) in [5.41, 5.74) is 17.7. The van der Waals surface area contributed by atoms with Crippen LogP contribution in [0.5, 0.6) is 0 Å². The SMILES string of the molecule is CC(N)=NCCCCC(=O)Nc1ccc2c(c1)S(=O)(=O)C1C=C(NC(=O)CCCCCN=C(N)N)C=CC1C2. The summed E-state index contributed by atoms with van der Waals surface area (Å²) in [4.78, 5) is 33.0. The van der Waals surface area contributed by atoms with Crippen LogP contribution in [-0.2, 0) is 25.8 Å². The summed E-state index contributed by atoms with van der Waals surface area (Å²) in [5, 5.41) is 4.84. The Balaban J connectivity index is 1.58. The molecular formula is C27H39N7O4S. The third-order valence-corrected chi connectivity index (χ3v) is 8.77. The Labute approximate surface area is 230 Å². The molecular weight excluding hydrogens is 518 g/mol. The van der Waals surface area contributed by atoms with Crippen molar-refractivity contribution in [1.29, 1.82) is 0 Å². The van der Waals surface area contributed by atoms with Gasteiger partial charge in [0.05, 0.1) is 16.0 Å². The topological polar surface area (TPSA) is 195 Å². The van der Waals surface area contributed by atoms with E-state index >= 15 is 0 Å². The number of amides is 2. The van der Waals surface area contributed by atoms with Gasteiger partial charge in [0.15, 0.2) is 15.8 Å². The van der Waals surface area contributed by atoms with Crippen LogP contribution in [0.2, 0.25) is 0 Å². The lowest BCUT2D eigenvalue weighted by Crippen LogP contribution is -2.37. The van der Waals surface area contributed by atoms with Crippen LogP contribution in [0.15, 0.2) is 57.0 Å². The predicted molar refractivity (Wildman–Crippen MR) is 154 cm³/mol. The van der Waals surface area contributed by atoms with E-state index in [1.807, 2.05) is 6.08 Å². The Kier molecular flexibility index (Phi) is 10.7. The lowest BCUT2D eigenvalue weighted by atomic mass is 9.91. The first-order valence-corrected chi connectivity index (χ1v) is 14.8. The molecule has 2 amide bonds. The molecule has 1 aliphatic heterocycles. The van der Waals surface area contributed by atoms with E-state index < -0.39 is 15.1 Å². The molecule has 1 aromatic carbocycles. The second kappa shape index (κ2) is 13.9. The first-order valence-electron chi connectivity index (χ1n) is 13.2. The van der Waals surface area contributed by atoms with Gasteiger partial charge in [0.25, 0.3) is 0 Å². The highest BCUT2D eigenvalue weighted by atomic mass is 32.2. The number of sulfone groups is 1. The number of nitrogens with zero attached hydrogens (tertiary/aromatic N) is 2. The first-order chi connectivity index (χ1) is 18.6. The highest BCUT2D eigenvalue weighted by molar-refractivity contribution is 7.92. The van der Waals surface area contributed by atoms with Crippen molar-refractivity contribution in [2.45, 2.75) is 68.4 Å². The standard InChI is InChI=1S/C27H39N7O4S/c1-18(28)31-13-6-4-8-26(36)34-22-12-10-20-15-19-9-11-21(16-23(19)39(37,38)24(20)17-22)33-25(35)7-3-2-5-14-32-27(29)30/h9-12,16-17,19,23H,2-8,13-15H2,1H3,(H2,28,31)(H,33,35)(H,34,36)(H4,29,30,32). The molecule has 0 fully saturated rings. The second-order valence-corrected chi connectivity index (χ2v) is 11.9. The quantitative estimate of drug-likeness (QED) is 0.139. The third kappa shape index (κ3) is 8.95. The van der Waals surface area contributed by atoms with E-state index in [2.05, 4.69) is 20.6 Å². The number of nitrogens with two attached hydrogens (primary N) is 3. The van der Waals surface area contributed by atoms with Gasteiger partial charge < -0.3 is 27.8 Å². The molecule has 12 heteroatoms. The molecule has 0 saturated heterocycles. The normalized spacial score (nSPS) is 19.3. The minimum absolute atomic E-state index is 0.0547. The predicted octanol–water partition coefficient (Wildman–Crippen LogP) is 1.89. The Morgan fingerprint density at radius 1 is 0.949 bits per heavy atom. The summed E-state index contributed by atoms with van der Waals surface area (Å²) in [5.74, 6) is -0.00826. The van der Waals surface area contributed by atoms with Crippen molar-refractivity contribution in [3.05, 3.63) is 47.7 Å². The molecule has 2 aliphatic rings. The number of amidine groups is 1. The molecule has 0 spiro atoms. The minimum atomic E-state index is -3.73. The maximum atomic E-state index is 13.6. The van der Waals surface area contributed by atoms with Crippen molar-refractivity contribution in [1.82, 2.24) is 5.32 Å². The number of carbonyl (C=O) groups is 2. The summed E-state index contributed by atoms with van der Waals surface area (Å²) in [6.45, 7) is 2.81. The summed E-state index contributed by atoms with van der Waals surface area (Å²) in [7, 11) is -3.73. The van der Waals surface area contributed by atoms with Crippen molar-refractivity contribution >= 4 is 39.1 Å². The van der Waals surface area contributed by atoms with Crippen LogP contribution in [-0.4, -0.2) is 50.4 Å². The van der Waals surface area contributed by atoms with Crippen LogP contribution in [0.1, 0.15) is 57.4 Å². The van der Waals surface area contributed by atoms with Crippen LogP contribution in [0, 0.1) is 5.92 Å². The number of aliphatic imine (C=N–C) groups is 2. The van der Waals surface area contributed by atoms with Crippen LogP contribution in [0.4, 0.5) is 5.69 Å². The van der Waals surface area contributed by atoms with E-state index in [-0.39, 0.29) is 28.6 Å². The van der Waals surface area contributed by atoms with Crippen LogP contribution < -0.4 is 27.8 Å². The molecule has 0 saturated carbocycles. The average Bonchev–Trinajstić information content (AvgIpc) is 2.86. The number of allylic oxidation sites excluding steroid dienone is 2. The number of anilines is 1. The van der Waals surface area contributed by atoms with E-state index in [9.17, 15) is 18.0 Å². The fraction of sp³-hybridized carbons (Fsp3) is 0.481. The third-order valence-electron chi connectivity index (χ3n) is 6.57. The number of hydrogen-bond donors (Lipinski definition) is 5. The number of unbranched alkanes of at least 4 members (excludes halogenated alkanes) is 3. The van der Waals surface area contributed by atoms with Crippen molar-refractivity contribution in [3.8, 4) is 0 Å². The number of guanidine groups is 1. The Hall–Kier alpha value is -3.67. The van der Waals surface area contributed by atoms with E-state index in [1.165, 1.54) is 6.07 Å². The lowest BCUT2D eigenvalue weighted by Gasteiger charge is -2.32. The average molecular weight is 558 g/mol. The molecule has 8 N–H and O–H groups in total. The van der Waals surface area contributed by atoms with Gasteiger partial charge in [-0.25, -0.2) is 8.42 Å². The van der Waals surface area contributed by atoms with E-state index in [1.54, 1.807) is 31.2 Å². The number of carbonyl (C=O) groups excluding carboxylic acids is 2. The van der Waals surface area contributed by atoms with Crippen LogP contribution >= 0.6 is 0 Å². The zero-order valence-corrected chi connectivity index (χ0v) is 23.2. The molecule has 0 radical (unpaired) electrons. The van der Waals surface area contributed by atoms with Gasteiger partial charge in [-0.1, -0.05) is 18.6 Å². The monoisotopic (exact) mass is 557 g/mol. The van der Waals surface area contributed by atoms with Crippen LogP contribution in [0.3, 0.4) is 0 Å².